The third-order valence-electron chi connectivity index (χ3n) is 3.04. The molecule has 1 N–H and O–H groups in total. The van der Waals surface area contributed by atoms with Crippen molar-refractivity contribution >= 4 is 17.3 Å². The van der Waals surface area contributed by atoms with Gasteiger partial charge in [0.25, 0.3) is 0 Å². The molecule has 0 fully saturated rings. The normalized spacial score (nSPS) is 11.7. The van der Waals surface area contributed by atoms with Gasteiger partial charge >= 0.3 is 0 Å². The summed E-state index contributed by atoms with van der Waals surface area (Å²) < 4.78 is 5.42. The SMILES string of the molecule is CCOCCN(C)c1ccc(Cl)cc1CNC(C)(C)C. The first-order chi connectivity index (χ1) is 9.33. The summed E-state index contributed by atoms with van der Waals surface area (Å²) in [5.41, 5.74) is 2.50. The molecule has 0 heterocycles. The van der Waals surface area contributed by atoms with Crippen LogP contribution in [0.5, 0.6) is 0 Å². The second kappa shape index (κ2) is 7.87. The van der Waals surface area contributed by atoms with Gasteiger partial charge in [-0.15, -0.1) is 0 Å². The van der Waals surface area contributed by atoms with Crippen molar-refractivity contribution in [1.29, 1.82) is 0 Å². The minimum Gasteiger partial charge on any atom is -0.380 e. The second-order valence-corrected chi connectivity index (χ2v) is 6.43. The topological polar surface area (TPSA) is 24.5 Å². The summed E-state index contributed by atoms with van der Waals surface area (Å²) in [5.74, 6) is 0. The lowest BCUT2D eigenvalue weighted by Crippen LogP contribution is -2.35. The van der Waals surface area contributed by atoms with Crippen LogP contribution in [0.3, 0.4) is 0 Å². The first-order valence-corrected chi connectivity index (χ1v) is 7.53. The summed E-state index contributed by atoms with van der Waals surface area (Å²) in [4.78, 5) is 2.21. The van der Waals surface area contributed by atoms with Crippen molar-refractivity contribution in [2.24, 2.45) is 0 Å². The van der Waals surface area contributed by atoms with Gasteiger partial charge in [0.1, 0.15) is 0 Å². The summed E-state index contributed by atoms with van der Waals surface area (Å²) in [7, 11) is 2.09. The number of rotatable bonds is 7. The Morgan fingerprint density at radius 1 is 1.30 bits per heavy atom. The van der Waals surface area contributed by atoms with E-state index in [1.54, 1.807) is 0 Å². The molecule has 0 saturated heterocycles. The van der Waals surface area contributed by atoms with Crippen molar-refractivity contribution in [3.05, 3.63) is 28.8 Å². The van der Waals surface area contributed by atoms with E-state index in [0.717, 1.165) is 31.3 Å². The molecule has 1 aromatic rings. The number of hydrogen-bond acceptors (Lipinski definition) is 3. The molecule has 0 aliphatic rings. The highest BCUT2D eigenvalue weighted by molar-refractivity contribution is 6.30. The van der Waals surface area contributed by atoms with Crippen LogP contribution < -0.4 is 10.2 Å². The first-order valence-electron chi connectivity index (χ1n) is 7.16. The molecule has 0 amide bonds. The summed E-state index contributed by atoms with van der Waals surface area (Å²) in [5, 5.41) is 4.29. The van der Waals surface area contributed by atoms with Gasteiger partial charge in [-0.2, -0.15) is 0 Å². The van der Waals surface area contributed by atoms with E-state index in [1.807, 2.05) is 19.1 Å². The van der Waals surface area contributed by atoms with Gasteiger partial charge in [-0.3, -0.25) is 0 Å². The highest BCUT2D eigenvalue weighted by atomic mass is 35.5. The summed E-state index contributed by atoms with van der Waals surface area (Å²) >= 11 is 6.13. The molecule has 0 aliphatic heterocycles. The van der Waals surface area contributed by atoms with E-state index in [1.165, 1.54) is 11.3 Å². The molecule has 1 aromatic carbocycles. The van der Waals surface area contributed by atoms with Crippen LogP contribution in [0.15, 0.2) is 18.2 Å². The largest absolute Gasteiger partial charge is 0.380 e. The first kappa shape index (κ1) is 17.3. The molecule has 0 radical (unpaired) electrons. The van der Waals surface area contributed by atoms with Gasteiger partial charge in [0.2, 0.25) is 0 Å². The lowest BCUT2D eigenvalue weighted by molar-refractivity contribution is 0.154. The van der Waals surface area contributed by atoms with Crippen LogP contribution in [0, 0.1) is 0 Å². The van der Waals surface area contributed by atoms with Crippen LogP contribution in [0.1, 0.15) is 33.3 Å². The second-order valence-electron chi connectivity index (χ2n) is 6.00. The number of likely N-dealkylation sites (N-methyl/N-ethyl adjacent to an activating group) is 1. The monoisotopic (exact) mass is 298 g/mol. The van der Waals surface area contributed by atoms with Crippen molar-refractivity contribution < 1.29 is 4.74 Å². The van der Waals surface area contributed by atoms with Crippen molar-refractivity contribution in [2.75, 3.05) is 31.7 Å². The zero-order chi connectivity index (χ0) is 15.2. The number of halogens is 1. The van der Waals surface area contributed by atoms with Gasteiger partial charge in [0.05, 0.1) is 6.61 Å². The van der Waals surface area contributed by atoms with Gasteiger partial charge in [-0.05, 0) is 51.5 Å². The predicted octanol–water partition coefficient (Wildman–Crippen LogP) is 3.70. The lowest BCUT2D eigenvalue weighted by atomic mass is 10.1. The average molecular weight is 299 g/mol. The molecule has 0 aliphatic carbocycles. The van der Waals surface area contributed by atoms with Crippen molar-refractivity contribution in [2.45, 2.75) is 39.8 Å². The standard InChI is InChI=1S/C16H27ClN2O/c1-6-20-10-9-19(5)15-8-7-14(17)11-13(15)12-18-16(2,3)4/h7-8,11,18H,6,9-10,12H2,1-5H3. The Hall–Kier alpha value is -0.770. The average Bonchev–Trinajstić information content (AvgIpc) is 2.35. The minimum atomic E-state index is 0.0868. The maximum Gasteiger partial charge on any atom is 0.0641 e. The number of benzene rings is 1. The Morgan fingerprint density at radius 2 is 2.00 bits per heavy atom. The summed E-state index contributed by atoms with van der Waals surface area (Å²) in [6, 6.07) is 6.05. The molecule has 1 rings (SSSR count). The molecule has 3 nitrogen and oxygen atoms in total. The number of ether oxygens (including phenoxy) is 1. The maximum absolute atomic E-state index is 6.13. The van der Waals surface area contributed by atoms with E-state index in [2.05, 4.69) is 44.1 Å². The van der Waals surface area contributed by atoms with E-state index in [-0.39, 0.29) is 5.54 Å². The lowest BCUT2D eigenvalue weighted by Gasteiger charge is -2.26. The van der Waals surface area contributed by atoms with Crippen LogP contribution in [0.4, 0.5) is 5.69 Å². The summed E-state index contributed by atoms with van der Waals surface area (Å²) in [6.45, 7) is 11.7. The highest BCUT2D eigenvalue weighted by Gasteiger charge is 2.12. The van der Waals surface area contributed by atoms with Crippen LogP contribution in [-0.2, 0) is 11.3 Å². The van der Waals surface area contributed by atoms with E-state index < -0.39 is 0 Å². The van der Waals surface area contributed by atoms with Crippen molar-refractivity contribution in [3.63, 3.8) is 0 Å². The van der Waals surface area contributed by atoms with Crippen LogP contribution in [0.2, 0.25) is 5.02 Å². The molecule has 0 unspecified atom stereocenters. The van der Waals surface area contributed by atoms with E-state index in [4.69, 9.17) is 16.3 Å². The summed E-state index contributed by atoms with van der Waals surface area (Å²) in [6.07, 6.45) is 0. The van der Waals surface area contributed by atoms with Gasteiger partial charge in [-0.25, -0.2) is 0 Å². The molecule has 0 bridgehead atoms. The fourth-order valence-electron chi connectivity index (χ4n) is 1.89. The van der Waals surface area contributed by atoms with Crippen LogP contribution in [-0.4, -0.2) is 32.3 Å². The van der Waals surface area contributed by atoms with E-state index in [0.29, 0.717) is 0 Å². The zero-order valence-electron chi connectivity index (χ0n) is 13.3. The zero-order valence-corrected chi connectivity index (χ0v) is 14.0. The Labute approximate surface area is 128 Å². The molecule has 4 heteroatoms. The molecule has 0 atom stereocenters. The number of anilines is 1. The van der Waals surface area contributed by atoms with Gasteiger partial charge in [-0.1, -0.05) is 11.6 Å². The smallest absolute Gasteiger partial charge is 0.0641 e. The molecular weight excluding hydrogens is 272 g/mol. The van der Waals surface area contributed by atoms with Crippen LogP contribution >= 0.6 is 11.6 Å². The number of nitrogens with one attached hydrogen (secondary N) is 1. The Morgan fingerprint density at radius 3 is 2.60 bits per heavy atom. The quantitative estimate of drug-likeness (QED) is 0.777. The van der Waals surface area contributed by atoms with Crippen molar-refractivity contribution in [1.82, 2.24) is 5.32 Å². The van der Waals surface area contributed by atoms with Crippen LogP contribution in [0.25, 0.3) is 0 Å². The Kier molecular flexibility index (Phi) is 6.80. The molecule has 114 valence electrons. The number of hydrogen-bond donors (Lipinski definition) is 1. The van der Waals surface area contributed by atoms with E-state index >= 15 is 0 Å². The third kappa shape index (κ3) is 6.12. The molecule has 20 heavy (non-hydrogen) atoms. The van der Waals surface area contributed by atoms with Gasteiger partial charge in [0, 0.05) is 43.0 Å². The third-order valence-corrected chi connectivity index (χ3v) is 3.27. The van der Waals surface area contributed by atoms with E-state index in [9.17, 15) is 0 Å². The predicted molar refractivity (Wildman–Crippen MR) is 87.8 cm³/mol. The molecular formula is C16H27ClN2O. The molecule has 0 saturated carbocycles. The molecule has 0 aromatic heterocycles. The Balaban J connectivity index is 2.78. The van der Waals surface area contributed by atoms with Gasteiger partial charge in [0.15, 0.2) is 0 Å². The van der Waals surface area contributed by atoms with Crippen molar-refractivity contribution in [3.8, 4) is 0 Å². The Bertz CT molecular complexity index is 415. The number of nitrogens with zero attached hydrogens (tertiary/aromatic N) is 1. The van der Waals surface area contributed by atoms with Gasteiger partial charge < -0.3 is 15.0 Å². The minimum absolute atomic E-state index is 0.0868. The fourth-order valence-corrected chi connectivity index (χ4v) is 2.09. The highest BCUT2D eigenvalue weighted by Crippen LogP contribution is 2.24. The molecule has 0 spiro atoms. The fraction of sp³-hybridized carbons (Fsp3) is 0.625. The maximum atomic E-state index is 6.13.